The molecule has 3 heteroatoms. The molecule has 9 aromatic rings. The summed E-state index contributed by atoms with van der Waals surface area (Å²) in [5, 5.41) is 7.84. The van der Waals surface area contributed by atoms with E-state index in [9.17, 15) is 0 Å². The summed E-state index contributed by atoms with van der Waals surface area (Å²) in [5.41, 5.74) is 10.8. The number of hydrogen-bond acceptors (Lipinski definition) is 3. The van der Waals surface area contributed by atoms with E-state index in [0.717, 1.165) is 55.0 Å². The van der Waals surface area contributed by atoms with E-state index < -0.39 is 0 Å². The molecule has 10 rings (SSSR count). The molecule has 2 aromatic heterocycles. The number of hydrogen-bond donors (Lipinski definition) is 0. The molecule has 46 heavy (non-hydrogen) atoms. The lowest BCUT2D eigenvalue weighted by atomic mass is 9.82. The molecule has 0 saturated carbocycles. The van der Waals surface area contributed by atoms with E-state index in [1.165, 1.54) is 38.4 Å². The molecule has 0 unspecified atom stereocenters. The highest BCUT2D eigenvalue weighted by atomic mass is 16.3. The molecular weight excluding hydrogens is 560 g/mol. The van der Waals surface area contributed by atoms with Crippen LogP contribution >= 0.6 is 0 Å². The van der Waals surface area contributed by atoms with Crippen LogP contribution in [0.1, 0.15) is 25.0 Å². The Kier molecular flexibility index (Phi) is 5.06. The van der Waals surface area contributed by atoms with Crippen LogP contribution in [0, 0.1) is 0 Å². The first-order chi connectivity index (χ1) is 22.5. The molecule has 1 aliphatic rings. The summed E-state index contributed by atoms with van der Waals surface area (Å²) >= 11 is 0. The van der Waals surface area contributed by atoms with E-state index in [-0.39, 0.29) is 5.41 Å². The van der Waals surface area contributed by atoms with Crippen LogP contribution in [0.5, 0.6) is 0 Å². The number of benzene rings is 7. The Bertz CT molecular complexity index is 2730. The molecule has 1 aliphatic carbocycles. The summed E-state index contributed by atoms with van der Waals surface area (Å²) in [6.45, 7) is 4.63. The first-order valence-electron chi connectivity index (χ1n) is 15.8. The van der Waals surface area contributed by atoms with Crippen LogP contribution < -0.4 is 0 Å². The molecule has 7 aromatic carbocycles. The zero-order valence-electron chi connectivity index (χ0n) is 25.5. The van der Waals surface area contributed by atoms with Crippen LogP contribution in [-0.2, 0) is 5.41 Å². The first kappa shape index (κ1) is 25.5. The molecule has 0 atom stereocenters. The SMILES string of the molecule is CC1(C)c2ccccc2-c2ccc(-c3nc(-c4ccc5ccccc5c4)c4ccc5oc6cc7ccccc7cc6c5c4n3)cc21. The lowest BCUT2D eigenvalue weighted by Crippen LogP contribution is -2.15. The number of rotatable bonds is 2. The van der Waals surface area contributed by atoms with E-state index in [2.05, 4.69) is 147 Å². The van der Waals surface area contributed by atoms with Crippen LogP contribution in [0.15, 0.2) is 138 Å². The Morgan fingerprint density at radius 1 is 0.500 bits per heavy atom. The number of aromatic nitrogens is 2. The zero-order valence-corrected chi connectivity index (χ0v) is 25.5. The predicted molar refractivity (Wildman–Crippen MR) is 190 cm³/mol. The van der Waals surface area contributed by atoms with Crippen molar-refractivity contribution in [3.63, 3.8) is 0 Å². The fraction of sp³-hybridized carbons (Fsp3) is 0.0698. The van der Waals surface area contributed by atoms with Gasteiger partial charge in [-0.3, -0.25) is 0 Å². The van der Waals surface area contributed by atoms with Gasteiger partial charge in [0.05, 0.1) is 16.6 Å². The van der Waals surface area contributed by atoms with Crippen molar-refractivity contribution >= 4 is 54.4 Å². The van der Waals surface area contributed by atoms with Crippen molar-refractivity contribution in [3.8, 4) is 33.8 Å². The van der Waals surface area contributed by atoms with Crippen LogP contribution in [0.2, 0.25) is 0 Å². The molecule has 0 bridgehead atoms. The van der Waals surface area contributed by atoms with Crippen molar-refractivity contribution < 1.29 is 4.42 Å². The lowest BCUT2D eigenvalue weighted by Gasteiger charge is -2.22. The minimum atomic E-state index is -0.116. The Morgan fingerprint density at radius 2 is 1.20 bits per heavy atom. The first-order valence-corrected chi connectivity index (χ1v) is 15.8. The van der Waals surface area contributed by atoms with Crippen molar-refractivity contribution in [2.75, 3.05) is 0 Å². The second kappa shape index (κ2) is 9.12. The Morgan fingerprint density at radius 3 is 2.04 bits per heavy atom. The van der Waals surface area contributed by atoms with Gasteiger partial charge >= 0.3 is 0 Å². The molecule has 0 amide bonds. The number of fused-ring (bicyclic) bond motifs is 10. The summed E-state index contributed by atoms with van der Waals surface area (Å²) < 4.78 is 6.48. The van der Waals surface area contributed by atoms with Gasteiger partial charge < -0.3 is 4.42 Å². The third-order valence-corrected chi connectivity index (χ3v) is 10.0. The topological polar surface area (TPSA) is 38.9 Å². The van der Waals surface area contributed by atoms with Gasteiger partial charge in [0.25, 0.3) is 0 Å². The minimum absolute atomic E-state index is 0.116. The summed E-state index contributed by atoms with van der Waals surface area (Å²) in [6.07, 6.45) is 0. The maximum atomic E-state index is 6.48. The highest BCUT2D eigenvalue weighted by molar-refractivity contribution is 6.21. The highest BCUT2D eigenvalue weighted by Gasteiger charge is 2.35. The second-order valence-electron chi connectivity index (χ2n) is 13.0. The smallest absolute Gasteiger partial charge is 0.160 e. The van der Waals surface area contributed by atoms with Crippen LogP contribution in [0.25, 0.3) is 88.2 Å². The number of nitrogens with zero attached hydrogens (tertiary/aromatic N) is 2. The second-order valence-corrected chi connectivity index (χ2v) is 13.0. The normalized spacial score (nSPS) is 13.6. The molecule has 0 aliphatic heterocycles. The van der Waals surface area contributed by atoms with Crippen molar-refractivity contribution in [1.82, 2.24) is 9.97 Å². The van der Waals surface area contributed by atoms with Crippen molar-refractivity contribution in [3.05, 3.63) is 145 Å². The Balaban J connectivity index is 1.29. The maximum Gasteiger partial charge on any atom is 0.160 e. The van der Waals surface area contributed by atoms with E-state index in [0.29, 0.717) is 5.82 Å². The van der Waals surface area contributed by atoms with Gasteiger partial charge in [-0.05, 0) is 80.2 Å². The van der Waals surface area contributed by atoms with Crippen LogP contribution in [0.4, 0.5) is 0 Å². The maximum absolute atomic E-state index is 6.48. The zero-order chi connectivity index (χ0) is 30.6. The molecular formula is C43H28N2O. The highest BCUT2D eigenvalue weighted by Crippen LogP contribution is 2.49. The van der Waals surface area contributed by atoms with Crippen molar-refractivity contribution in [2.24, 2.45) is 0 Å². The fourth-order valence-electron chi connectivity index (χ4n) is 7.67. The molecule has 0 saturated heterocycles. The Hall–Kier alpha value is -5.80. The van der Waals surface area contributed by atoms with Gasteiger partial charge in [-0.15, -0.1) is 0 Å². The number of furan rings is 1. The average Bonchev–Trinajstić information content (AvgIpc) is 3.57. The fourth-order valence-corrected chi connectivity index (χ4v) is 7.67. The lowest BCUT2D eigenvalue weighted by molar-refractivity contribution is 0.660. The third kappa shape index (κ3) is 3.54. The van der Waals surface area contributed by atoms with Crippen LogP contribution in [0.3, 0.4) is 0 Å². The van der Waals surface area contributed by atoms with Gasteiger partial charge in [-0.1, -0.05) is 111 Å². The van der Waals surface area contributed by atoms with Gasteiger partial charge in [0.1, 0.15) is 11.2 Å². The van der Waals surface area contributed by atoms with E-state index in [1.807, 2.05) is 0 Å². The quantitative estimate of drug-likeness (QED) is 0.202. The molecule has 2 heterocycles. The Labute approximate surface area is 265 Å². The summed E-state index contributed by atoms with van der Waals surface area (Å²) in [4.78, 5) is 10.7. The summed E-state index contributed by atoms with van der Waals surface area (Å²) in [6, 6.07) is 47.6. The molecule has 0 radical (unpaired) electrons. The van der Waals surface area contributed by atoms with Crippen LogP contribution in [-0.4, -0.2) is 9.97 Å². The van der Waals surface area contributed by atoms with E-state index in [4.69, 9.17) is 14.4 Å². The van der Waals surface area contributed by atoms with Crippen molar-refractivity contribution in [1.29, 1.82) is 0 Å². The molecule has 0 spiro atoms. The summed E-state index contributed by atoms with van der Waals surface area (Å²) in [7, 11) is 0. The van der Waals surface area contributed by atoms with Gasteiger partial charge in [0, 0.05) is 27.3 Å². The molecule has 0 fully saturated rings. The van der Waals surface area contributed by atoms with E-state index >= 15 is 0 Å². The minimum Gasteiger partial charge on any atom is -0.456 e. The summed E-state index contributed by atoms with van der Waals surface area (Å²) in [5.74, 6) is 0.716. The predicted octanol–water partition coefficient (Wildman–Crippen LogP) is 11.5. The molecule has 216 valence electrons. The molecule has 0 N–H and O–H groups in total. The van der Waals surface area contributed by atoms with Gasteiger partial charge in [-0.25, -0.2) is 9.97 Å². The standard InChI is InChI=1S/C43H28N2O/c1-43(2)35-14-8-7-13-31(35)32-18-17-30(23-36(32)43)42-44-40(29-16-15-25-9-3-4-10-26(25)21-29)33-19-20-37-39(41(33)45-42)34-22-27-11-5-6-12-28(27)24-38(34)46-37/h3-24H,1-2H3. The van der Waals surface area contributed by atoms with Crippen molar-refractivity contribution in [2.45, 2.75) is 19.3 Å². The molecule has 3 nitrogen and oxygen atoms in total. The third-order valence-electron chi connectivity index (χ3n) is 10.0. The van der Waals surface area contributed by atoms with Gasteiger partial charge in [0.2, 0.25) is 0 Å². The van der Waals surface area contributed by atoms with E-state index in [1.54, 1.807) is 0 Å². The average molecular weight is 589 g/mol. The monoisotopic (exact) mass is 588 g/mol. The van der Waals surface area contributed by atoms with Gasteiger partial charge in [-0.2, -0.15) is 0 Å². The van der Waals surface area contributed by atoms with Gasteiger partial charge in [0.15, 0.2) is 5.82 Å². The largest absolute Gasteiger partial charge is 0.456 e.